The fraction of sp³-hybridized carbons (Fsp3) is 0.571. The SMILES string of the molecule is CC(C)(C)NCc1cccc(SCOCC(F)(F)F)c1. The van der Waals surface area contributed by atoms with Gasteiger partial charge in [-0.3, -0.25) is 0 Å². The van der Waals surface area contributed by atoms with Crippen LogP contribution in [0.3, 0.4) is 0 Å². The first-order valence-electron chi connectivity index (χ1n) is 6.27. The van der Waals surface area contributed by atoms with Gasteiger partial charge in [0, 0.05) is 17.0 Å². The number of hydrogen-bond donors (Lipinski definition) is 1. The number of halogens is 3. The number of benzene rings is 1. The van der Waals surface area contributed by atoms with Crippen molar-refractivity contribution in [1.29, 1.82) is 0 Å². The van der Waals surface area contributed by atoms with Crippen molar-refractivity contribution >= 4 is 11.8 Å². The third-order valence-corrected chi connectivity index (χ3v) is 3.17. The summed E-state index contributed by atoms with van der Waals surface area (Å²) >= 11 is 1.26. The minimum Gasteiger partial charge on any atom is -0.361 e. The highest BCUT2D eigenvalue weighted by Gasteiger charge is 2.27. The monoisotopic (exact) mass is 307 g/mol. The fourth-order valence-electron chi connectivity index (χ4n) is 1.38. The smallest absolute Gasteiger partial charge is 0.361 e. The Morgan fingerprint density at radius 2 is 1.90 bits per heavy atom. The van der Waals surface area contributed by atoms with E-state index in [1.807, 2.05) is 24.3 Å². The summed E-state index contributed by atoms with van der Waals surface area (Å²) in [6, 6.07) is 7.70. The molecule has 114 valence electrons. The number of hydrogen-bond acceptors (Lipinski definition) is 3. The van der Waals surface area contributed by atoms with E-state index in [2.05, 4.69) is 30.8 Å². The zero-order valence-electron chi connectivity index (χ0n) is 11.9. The topological polar surface area (TPSA) is 21.3 Å². The third kappa shape index (κ3) is 8.45. The van der Waals surface area contributed by atoms with Gasteiger partial charge < -0.3 is 10.1 Å². The predicted octanol–water partition coefficient (Wildman–Crippen LogP) is 4.20. The minimum atomic E-state index is -4.26. The van der Waals surface area contributed by atoms with Crippen molar-refractivity contribution in [3.05, 3.63) is 29.8 Å². The Hall–Kier alpha value is -0.720. The van der Waals surface area contributed by atoms with E-state index in [4.69, 9.17) is 0 Å². The van der Waals surface area contributed by atoms with Crippen molar-refractivity contribution in [3.8, 4) is 0 Å². The van der Waals surface area contributed by atoms with E-state index in [0.717, 1.165) is 17.0 Å². The second-order valence-corrected chi connectivity index (χ2v) is 6.47. The lowest BCUT2D eigenvalue weighted by molar-refractivity contribution is -0.168. The lowest BCUT2D eigenvalue weighted by Gasteiger charge is -2.20. The van der Waals surface area contributed by atoms with Crippen LogP contribution in [0, 0.1) is 0 Å². The maximum atomic E-state index is 11.9. The van der Waals surface area contributed by atoms with E-state index in [-0.39, 0.29) is 11.5 Å². The van der Waals surface area contributed by atoms with Crippen LogP contribution in [0.4, 0.5) is 13.2 Å². The molecule has 0 aromatic heterocycles. The van der Waals surface area contributed by atoms with Crippen molar-refractivity contribution < 1.29 is 17.9 Å². The summed E-state index contributed by atoms with van der Waals surface area (Å²) in [5, 5.41) is 3.36. The van der Waals surface area contributed by atoms with Gasteiger partial charge in [-0.05, 0) is 38.5 Å². The Kier molecular flexibility index (Phi) is 6.36. The first-order valence-corrected chi connectivity index (χ1v) is 7.25. The summed E-state index contributed by atoms with van der Waals surface area (Å²) in [6.45, 7) is 5.76. The Bertz CT molecular complexity index is 416. The first kappa shape index (κ1) is 17.3. The van der Waals surface area contributed by atoms with Gasteiger partial charge in [-0.25, -0.2) is 0 Å². The van der Waals surface area contributed by atoms with Crippen LogP contribution < -0.4 is 5.32 Å². The van der Waals surface area contributed by atoms with Gasteiger partial charge in [0.2, 0.25) is 0 Å². The van der Waals surface area contributed by atoms with Crippen molar-refractivity contribution in [2.45, 2.75) is 43.9 Å². The quantitative estimate of drug-likeness (QED) is 0.483. The van der Waals surface area contributed by atoms with E-state index in [1.54, 1.807) is 0 Å². The van der Waals surface area contributed by atoms with Crippen LogP contribution in [0.2, 0.25) is 0 Å². The van der Waals surface area contributed by atoms with E-state index in [1.165, 1.54) is 11.8 Å². The van der Waals surface area contributed by atoms with Crippen LogP contribution in [0.5, 0.6) is 0 Å². The Labute approximate surface area is 122 Å². The van der Waals surface area contributed by atoms with Gasteiger partial charge in [0.15, 0.2) is 0 Å². The lowest BCUT2D eigenvalue weighted by atomic mass is 10.1. The maximum Gasteiger partial charge on any atom is 0.411 e. The summed E-state index contributed by atoms with van der Waals surface area (Å²) in [7, 11) is 0. The average molecular weight is 307 g/mol. The number of nitrogens with one attached hydrogen (secondary N) is 1. The molecule has 0 spiro atoms. The van der Waals surface area contributed by atoms with Crippen LogP contribution in [0.15, 0.2) is 29.2 Å². The molecule has 0 atom stereocenters. The predicted molar refractivity (Wildman–Crippen MR) is 75.8 cm³/mol. The molecule has 0 aliphatic heterocycles. The maximum absolute atomic E-state index is 11.9. The van der Waals surface area contributed by atoms with Crippen molar-refractivity contribution in [3.63, 3.8) is 0 Å². The molecule has 0 amide bonds. The standard InChI is InChI=1S/C14H20F3NOS/c1-13(2,3)18-8-11-5-4-6-12(7-11)20-10-19-9-14(15,16)17/h4-7,18H,8-10H2,1-3H3. The molecule has 0 radical (unpaired) electrons. The van der Waals surface area contributed by atoms with E-state index < -0.39 is 12.8 Å². The van der Waals surface area contributed by atoms with Gasteiger partial charge in [0.1, 0.15) is 6.61 Å². The Morgan fingerprint density at radius 3 is 2.50 bits per heavy atom. The molecule has 0 unspecified atom stereocenters. The number of thioether (sulfide) groups is 1. The highest BCUT2D eigenvalue weighted by Crippen LogP contribution is 2.21. The molecule has 1 aromatic carbocycles. The fourth-order valence-corrected chi connectivity index (χ4v) is 2.09. The van der Waals surface area contributed by atoms with E-state index in [9.17, 15) is 13.2 Å². The van der Waals surface area contributed by atoms with Crippen LogP contribution in [-0.2, 0) is 11.3 Å². The molecule has 0 heterocycles. The van der Waals surface area contributed by atoms with Gasteiger partial charge in [0.05, 0.1) is 5.94 Å². The summed E-state index contributed by atoms with van der Waals surface area (Å²) in [5.74, 6) is -0.00430. The highest BCUT2D eigenvalue weighted by atomic mass is 32.2. The molecular weight excluding hydrogens is 287 g/mol. The Morgan fingerprint density at radius 1 is 1.20 bits per heavy atom. The van der Waals surface area contributed by atoms with Crippen molar-refractivity contribution in [1.82, 2.24) is 5.32 Å². The first-order chi connectivity index (χ1) is 9.16. The van der Waals surface area contributed by atoms with Crippen LogP contribution in [0.25, 0.3) is 0 Å². The van der Waals surface area contributed by atoms with Gasteiger partial charge >= 0.3 is 6.18 Å². The van der Waals surface area contributed by atoms with Gasteiger partial charge in [-0.15, -0.1) is 0 Å². The number of alkyl halides is 3. The normalized spacial score (nSPS) is 12.7. The van der Waals surface area contributed by atoms with Crippen LogP contribution in [-0.4, -0.2) is 24.3 Å². The largest absolute Gasteiger partial charge is 0.411 e. The van der Waals surface area contributed by atoms with Crippen molar-refractivity contribution in [2.75, 3.05) is 12.5 Å². The molecule has 0 fully saturated rings. The summed E-state index contributed by atoms with van der Waals surface area (Å²) in [6.07, 6.45) is -4.26. The van der Waals surface area contributed by atoms with Gasteiger partial charge in [-0.2, -0.15) is 13.2 Å². The zero-order chi connectivity index (χ0) is 15.2. The minimum absolute atomic E-state index is 0.00430. The third-order valence-electron chi connectivity index (χ3n) is 2.30. The summed E-state index contributed by atoms with van der Waals surface area (Å²) < 4.78 is 40.3. The van der Waals surface area contributed by atoms with Gasteiger partial charge in [-0.1, -0.05) is 23.9 Å². The average Bonchev–Trinajstić information content (AvgIpc) is 2.31. The Balaban J connectivity index is 2.40. The molecule has 20 heavy (non-hydrogen) atoms. The molecule has 0 bridgehead atoms. The van der Waals surface area contributed by atoms with E-state index >= 15 is 0 Å². The molecular formula is C14H20F3NOS. The lowest BCUT2D eigenvalue weighted by Crippen LogP contribution is -2.35. The van der Waals surface area contributed by atoms with Crippen LogP contribution in [0.1, 0.15) is 26.3 Å². The summed E-state index contributed by atoms with van der Waals surface area (Å²) in [4.78, 5) is 0.903. The van der Waals surface area contributed by atoms with Crippen molar-refractivity contribution in [2.24, 2.45) is 0 Å². The molecule has 2 nitrogen and oxygen atoms in total. The zero-order valence-corrected chi connectivity index (χ0v) is 12.7. The molecule has 1 aromatic rings. The molecule has 0 saturated heterocycles. The van der Waals surface area contributed by atoms with Gasteiger partial charge in [0.25, 0.3) is 0 Å². The molecule has 1 rings (SSSR count). The molecule has 6 heteroatoms. The molecule has 1 N–H and O–H groups in total. The molecule has 0 aliphatic carbocycles. The van der Waals surface area contributed by atoms with Crippen LogP contribution >= 0.6 is 11.8 Å². The highest BCUT2D eigenvalue weighted by molar-refractivity contribution is 7.99. The second-order valence-electron chi connectivity index (χ2n) is 5.48. The molecule has 0 saturated carbocycles. The van der Waals surface area contributed by atoms with E-state index in [0.29, 0.717) is 0 Å². The number of rotatable bonds is 6. The molecule has 0 aliphatic rings. The summed E-state index contributed by atoms with van der Waals surface area (Å²) in [5.41, 5.74) is 1.12. The second kappa shape index (κ2) is 7.33. The number of ether oxygens (including phenoxy) is 1.